The Balaban J connectivity index is 1.95. The molecular weight excluding hydrogens is 256 g/mol. The van der Waals surface area contributed by atoms with Crippen LogP contribution >= 0.6 is 0 Å². The molecule has 0 aliphatic rings. The fourth-order valence-electron chi connectivity index (χ4n) is 1.95. The first-order valence-electron chi connectivity index (χ1n) is 6.01. The Morgan fingerprint density at radius 2 is 2.20 bits per heavy atom. The van der Waals surface area contributed by atoms with Crippen molar-refractivity contribution >= 4 is 28.5 Å². The van der Waals surface area contributed by atoms with Crippen LogP contribution in [0.15, 0.2) is 42.9 Å². The van der Waals surface area contributed by atoms with Crippen LogP contribution in [0.4, 0.5) is 11.5 Å². The van der Waals surface area contributed by atoms with Gasteiger partial charge in [0.1, 0.15) is 17.8 Å². The number of aromatic amines is 1. The SMILES string of the molecule is COC(=O)c1cccc(Nc2ncnc3[nH]ccc23)c1. The first-order valence-corrected chi connectivity index (χ1v) is 6.01. The van der Waals surface area contributed by atoms with Crippen LogP contribution in [0.1, 0.15) is 10.4 Å². The summed E-state index contributed by atoms with van der Waals surface area (Å²) in [7, 11) is 1.36. The quantitative estimate of drug-likeness (QED) is 0.713. The number of carbonyl (C=O) groups is 1. The molecule has 6 heteroatoms. The van der Waals surface area contributed by atoms with Gasteiger partial charge in [0, 0.05) is 11.9 Å². The van der Waals surface area contributed by atoms with Gasteiger partial charge < -0.3 is 15.0 Å². The monoisotopic (exact) mass is 268 g/mol. The summed E-state index contributed by atoms with van der Waals surface area (Å²) in [6.07, 6.45) is 3.28. The zero-order valence-electron chi connectivity index (χ0n) is 10.8. The van der Waals surface area contributed by atoms with E-state index in [1.807, 2.05) is 12.1 Å². The van der Waals surface area contributed by atoms with Crippen LogP contribution in [-0.2, 0) is 4.74 Å². The number of ether oxygens (including phenoxy) is 1. The molecule has 0 amide bonds. The lowest BCUT2D eigenvalue weighted by Gasteiger charge is -2.07. The van der Waals surface area contributed by atoms with Gasteiger partial charge in [0.15, 0.2) is 0 Å². The molecule has 0 saturated carbocycles. The number of aromatic nitrogens is 3. The van der Waals surface area contributed by atoms with Crippen molar-refractivity contribution in [1.82, 2.24) is 15.0 Å². The molecular formula is C14H12N4O2. The fraction of sp³-hybridized carbons (Fsp3) is 0.0714. The molecule has 0 aliphatic carbocycles. The predicted octanol–water partition coefficient (Wildman–Crippen LogP) is 2.49. The molecule has 0 spiro atoms. The summed E-state index contributed by atoms with van der Waals surface area (Å²) in [5.74, 6) is 0.307. The minimum Gasteiger partial charge on any atom is -0.465 e. The van der Waals surface area contributed by atoms with E-state index in [1.165, 1.54) is 13.4 Å². The van der Waals surface area contributed by atoms with Crippen LogP contribution in [0, 0.1) is 0 Å². The van der Waals surface area contributed by atoms with Crippen LogP contribution in [0.2, 0.25) is 0 Å². The van der Waals surface area contributed by atoms with Gasteiger partial charge in [-0.1, -0.05) is 6.07 Å². The van der Waals surface area contributed by atoms with Crippen molar-refractivity contribution in [3.05, 3.63) is 48.4 Å². The van der Waals surface area contributed by atoms with Crippen LogP contribution in [0.25, 0.3) is 11.0 Å². The summed E-state index contributed by atoms with van der Waals surface area (Å²) in [4.78, 5) is 22.9. The highest BCUT2D eigenvalue weighted by molar-refractivity contribution is 5.92. The second-order valence-corrected chi connectivity index (χ2v) is 4.16. The van der Waals surface area contributed by atoms with Gasteiger partial charge in [-0.15, -0.1) is 0 Å². The van der Waals surface area contributed by atoms with Gasteiger partial charge in [0.25, 0.3) is 0 Å². The van der Waals surface area contributed by atoms with Crippen molar-refractivity contribution < 1.29 is 9.53 Å². The molecule has 1 aromatic carbocycles. The second kappa shape index (κ2) is 5.00. The third-order valence-corrected chi connectivity index (χ3v) is 2.90. The Bertz CT molecular complexity index is 766. The Kier molecular flexibility index (Phi) is 3.04. The minimum absolute atomic E-state index is 0.372. The predicted molar refractivity (Wildman–Crippen MR) is 75.0 cm³/mol. The van der Waals surface area contributed by atoms with Gasteiger partial charge in [-0.2, -0.15) is 0 Å². The average Bonchev–Trinajstić information content (AvgIpc) is 2.96. The number of fused-ring (bicyclic) bond motifs is 1. The molecule has 3 rings (SSSR count). The first-order chi connectivity index (χ1) is 9.78. The minimum atomic E-state index is -0.372. The Morgan fingerprint density at radius 3 is 3.05 bits per heavy atom. The van der Waals surface area contributed by atoms with Crippen molar-refractivity contribution in [2.75, 3.05) is 12.4 Å². The lowest BCUT2D eigenvalue weighted by atomic mass is 10.2. The van der Waals surface area contributed by atoms with Crippen molar-refractivity contribution in [1.29, 1.82) is 0 Å². The number of esters is 1. The van der Waals surface area contributed by atoms with E-state index in [9.17, 15) is 4.79 Å². The molecule has 0 radical (unpaired) electrons. The van der Waals surface area contributed by atoms with Gasteiger partial charge in [-0.05, 0) is 24.3 Å². The molecule has 2 N–H and O–H groups in total. The zero-order valence-corrected chi connectivity index (χ0v) is 10.8. The molecule has 0 unspecified atom stereocenters. The van der Waals surface area contributed by atoms with Crippen molar-refractivity contribution in [2.24, 2.45) is 0 Å². The van der Waals surface area contributed by atoms with E-state index in [0.717, 1.165) is 16.7 Å². The third kappa shape index (κ3) is 2.18. The summed E-state index contributed by atoms with van der Waals surface area (Å²) in [6, 6.07) is 8.94. The summed E-state index contributed by atoms with van der Waals surface area (Å²) < 4.78 is 4.70. The Morgan fingerprint density at radius 1 is 1.30 bits per heavy atom. The number of H-pyrrole nitrogens is 1. The van der Waals surface area contributed by atoms with Gasteiger partial charge in [-0.25, -0.2) is 14.8 Å². The molecule has 20 heavy (non-hydrogen) atoms. The molecule has 0 fully saturated rings. The van der Waals surface area contributed by atoms with E-state index in [4.69, 9.17) is 4.74 Å². The fourth-order valence-corrected chi connectivity index (χ4v) is 1.95. The summed E-state index contributed by atoms with van der Waals surface area (Å²) >= 11 is 0. The summed E-state index contributed by atoms with van der Waals surface area (Å²) in [6.45, 7) is 0. The molecule has 2 heterocycles. The molecule has 2 aromatic heterocycles. The highest BCUT2D eigenvalue weighted by Crippen LogP contribution is 2.22. The molecule has 0 aliphatic heterocycles. The maximum Gasteiger partial charge on any atom is 0.337 e. The molecule has 3 aromatic rings. The molecule has 0 saturated heterocycles. The normalized spacial score (nSPS) is 10.4. The number of hydrogen-bond donors (Lipinski definition) is 2. The zero-order chi connectivity index (χ0) is 13.9. The van der Waals surface area contributed by atoms with E-state index in [1.54, 1.807) is 24.4 Å². The lowest BCUT2D eigenvalue weighted by molar-refractivity contribution is 0.0601. The topological polar surface area (TPSA) is 79.9 Å². The van der Waals surface area contributed by atoms with Gasteiger partial charge >= 0.3 is 5.97 Å². The Hall–Kier alpha value is -2.89. The number of methoxy groups -OCH3 is 1. The number of hydrogen-bond acceptors (Lipinski definition) is 5. The molecule has 0 bridgehead atoms. The van der Waals surface area contributed by atoms with E-state index in [0.29, 0.717) is 11.4 Å². The standard InChI is InChI=1S/C14H12N4O2/c1-20-14(19)9-3-2-4-10(7-9)18-13-11-5-6-15-12(11)16-8-17-13/h2-8H,1H3,(H2,15,16,17,18). The molecule has 100 valence electrons. The number of nitrogens with zero attached hydrogens (tertiary/aromatic N) is 2. The summed E-state index contributed by atoms with van der Waals surface area (Å²) in [5.41, 5.74) is 2.00. The first kappa shape index (κ1) is 12.2. The number of anilines is 2. The number of benzene rings is 1. The smallest absolute Gasteiger partial charge is 0.337 e. The van der Waals surface area contributed by atoms with Gasteiger partial charge in [0.05, 0.1) is 18.1 Å². The van der Waals surface area contributed by atoms with Crippen LogP contribution in [-0.4, -0.2) is 28.0 Å². The van der Waals surface area contributed by atoms with Crippen molar-refractivity contribution in [3.63, 3.8) is 0 Å². The highest BCUT2D eigenvalue weighted by Gasteiger charge is 2.08. The third-order valence-electron chi connectivity index (χ3n) is 2.90. The van der Waals surface area contributed by atoms with E-state index in [2.05, 4.69) is 20.3 Å². The number of carbonyl (C=O) groups excluding carboxylic acids is 1. The Labute approximate surface area is 114 Å². The van der Waals surface area contributed by atoms with Crippen molar-refractivity contribution in [3.8, 4) is 0 Å². The van der Waals surface area contributed by atoms with Crippen LogP contribution in [0.5, 0.6) is 0 Å². The largest absolute Gasteiger partial charge is 0.465 e. The second-order valence-electron chi connectivity index (χ2n) is 4.16. The van der Waals surface area contributed by atoms with E-state index < -0.39 is 0 Å². The highest BCUT2D eigenvalue weighted by atomic mass is 16.5. The average molecular weight is 268 g/mol. The van der Waals surface area contributed by atoms with Crippen LogP contribution in [0.3, 0.4) is 0 Å². The molecule has 0 atom stereocenters. The van der Waals surface area contributed by atoms with Gasteiger partial charge in [0.2, 0.25) is 0 Å². The maximum absolute atomic E-state index is 11.5. The van der Waals surface area contributed by atoms with E-state index in [-0.39, 0.29) is 5.97 Å². The lowest BCUT2D eigenvalue weighted by Crippen LogP contribution is -2.02. The summed E-state index contributed by atoms with van der Waals surface area (Å²) in [5, 5.41) is 4.06. The van der Waals surface area contributed by atoms with E-state index >= 15 is 0 Å². The van der Waals surface area contributed by atoms with Gasteiger partial charge in [-0.3, -0.25) is 0 Å². The van der Waals surface area contributed by atoms with Crippen LogP contribution < -0.4 is 5.32 Å². The maximum atomic E-state index is 11.5. The number of rotatable bonds is 3. The van der Waals surface area contributed by atoms with Crippen molar-refractivity contribution in [2.45, 2.75) is 0 Å². The number of nitrogens with one attached hydrogen (secondary N) is 2. The molecule has 6 nitrogen and oxygen atoms in total.